The van der Waals surface area contributed by atoms with Crippen LogP contribution in [0.3, 0.4) is 0 Å². The number of carbonyl (C=O) groups excluding carboxylic acids is 1. The molecule has 0 unspecified atom stereocenters. The van der Waals surface area contributed by atoms with E-state index in [9.17, 15) is 9.18 Å². The van der Waals surface area contributed by atoms with Gasteiger partial charge in [-0.3, -0.25) is 15.1 Å². The van der Waals surface area contributed by atoms with Crippen LogP contribution in [-0.4, -0.2) is 38.4 Å². The van der Waals surface area contributed by atoms with Gasteiger partial charge in [0.15, 0.2) is 6.29 Å². The highest BCUT2D eigenvalue weighted by molar-refractivity contribution is 5.84. The number of likely N-dealkylation sites (tertiary alicyclic amines) is 1. The first-order valence-corrected chi connectivity index (χ1v) is 7.86. The van der Waals surface area contributed by atoms with E-state index in [1.54, 1.807) is 12.1 Å². The molecule has 1 N–H and O–H groups in total. The van der Waals surface area contributed by atoms with Crippen LogP contribution in [0.25, 0.3) is 0 Å². The smallest absolute Gasteiger partial charge is 0.152 e. The molecule has 1 aromatic carbocycles. The molecular formula is C17H25FN2O2. The summed E-state index contributed by atoms with van der Waals surface area (Å²) in [4.78, 5) is 18.3. The number of hydrogen-bond donors (Lipinski definition) is 1. The number of rotatable bonds is 6. The highest BCUT2D eigenvalue weighted by atomic mass is 19.1. The molecular weight excluding hydrogens is 283 g/mol. The lowest BCUT2D eigenvalue weighted by Crippen LogP contribution is -2.32. The van der Waals surface area contributed by atoms with Crippen molar-refractivity contribution in [3.63, 3.8) is 0 Å². The summed E-state index contributed by atoms with van der Waals surface area (Å²) in [5.41, 5.74) is 3.79. The van der Waals surface area contributed by atoms with Gasteiger partial charge < -0.3 is 4.90 Å². The summed E-state index contributed by atoms with van der Waals surface area (Å²) in [6.07, 6.45) is 3.86. The van der Waals surface area contributed by atoms with Crippen LogP contribution in [0.2, 0.25) is 0 Å². The summed E-state index contributed by atoms with van der Waals surface area (Å²) in [7, 11) is 3.53. The van der Waals surface area contributed by atoms with Crippen molar-refractivity contribution < 1.29 is 14.0 Å². The van der Waals surface area contributed by atoms with E-state index in [1.165, 1.54) is 7.11 Å². The van der Waals surface area contributed by atoms with Crippen LogP contribution in [0.5, 0.6) is 0 Å². The monoisotopic (exact) mass is 308 g/mol. The topological polar surface area (TPSA) is 41.6 Å². The van der Waals surface area contributed by atoms with Crippen LogP contribution >= 0.6 is 0 Å². The molecule has 4 nitrogen and oxygen atoms in total. The zero-order valence-electron chi connectivity index (χ0n) is 13.6. The number of carbonyl (C=O) groups is 1. The minimum Gasteiger partial charge on any atom is -0.306 e. The molecule has 0 radical (unpaired) electrons. The minimum absolute atomic E-state index is 0.111. The van der Waals surface area contributed by atoms with Gasteiger partial charge in [-0.25, -0.2) is 4.39 Å². The third-order valence-corrected chi connectivity index (χ3v) is 4.67. The Balaban J connectivity index is 2.29. The van der Waals surface area contributed by atoms with Crippen molar-refractivity contribution in [3.05, 3.63) is 29.1 Å². The molecule has 1 aliphatic heterocycles. The number of nitrogens with zero attached hydrogens (tertiary/aromatic N) is 1. The zero-order chi connectivity index (χ0) is 16.1. The fourth-order valence-electron chi connectivity index (χ4n) is 3.44. The van der Waals surface area contributed by atoms with E-state index in [1.807, 2.05) is 0 Å². The lowest BCUT2D eigenvalue weighted by Gasteiger charge is -2.34. The second kappa shape index (κ2) is 7.70. The molecule has 0 aromatic heterocycles. The molecule has 1 aliphatic rings. The van der Waals surface area contributed by atoms with Gasteiger partial charge in [-0.2, -0.15) is 0 Å². The molecule has 0 aliphatic carbocycles. The Bertz CT molecular complexity index is 514. The third kappa shape index (κ3) is 3.65. The van der Waals surface area contributed by atoms with Gasteiger partial charge in [0.25, 0.3) is 0 Å². The minimum atomic E-state index is -0.437. The van der Waals surface area contributed by atoms with Gasteiger partial charge in [0.05, 0.1) is 7.11 Å². The highest BCUT2D eigenvalue weighted by Gasteiger charge is 2.26. The Morgan fingerprint density at radius 1 is 1.45 bits per heavy atom. The fraction of sp³-hybridized carbons (Fsp3) is 0.588. The van der Waals surface area contributed by atoms with Gasteiger partial charge in [0.1, 0.15) is 11.5 Å². The fourth-order valence-corrected chi connectivity index (χ4v) is 3.44. The molecule has 0 bridgehead atoms. The van der Waals surface area contributed by atoms with E-state index in [2.05, 4.69) is 24.4 Å². The number of halogens is 1. The number of benzene rings is 1. The SMILES string of the molecule is CC[C@H](c1cc(F)c(NOC)c(C=O)c1)C1CCN(C)CC1. The number of anilines is 1. The first kappa shape index (κ1) is 16.9. The summed E-state index contributed by atoms with van der Waals surface area (Å²) < 4.78 is 14.3. The summed E-state index contributed by atoms with van der Waals surface area (Å²) in [5, 5.41) is 0. The van der Waals surface area contributed by atoms with Crippen molar-refractivity contribution in [2.24, 2.45) is 5.92 Å². The predicted molar refractivity (Wildman–Crippen MR) is 85.7 cm³/mol. The molecule has 122 valence electrons. The lowest BCUT2D eigenvalue weighted by molar-refractivity contribution is 0.112. The van der Waals surface area contributed by atoms with E-state index < -0.39 is 5.82 Å². The van der Waals surface area contributed by atoms with Gasteiger partial charge in [0, 0.05) is 5.56 Å². The second-order valence-electron chi connectivity index (χ2n) is 6.05. The quantitative estimate of drug-likeness (QED) is 0.645. The van der Waals surface area contributed by atoms with Gasteiger partial charge in [-0.15, -0.1) is 0 Å². The van der Waals surface area contributed by atoms with Gasteiger partial charge in [-0.1, -0.05) is 6.92 Å². The maximum atomic E-state index is 14.3. The van der Waals surface area contributed by atoms with Crippen LogP contribution in [0.4, 0.5) is 10.1 Å². The van der Waals surface area contributed by atoms with Crippen LogP contribution in [0.15, 0.2) is 12.1 Å². The molecule has 0 spiro atoms. The lowest BCUT2D eigenvalue weighted by atomic mass is 9.78. The first-order chi connectivity index (χ1) is 10.6. The Hall–Kier alpha value is -1.46. The molecule has 0 saturated carbocycles. The van der Waals surface area contributed by atoms with E-state index >= 15 is 0 Å². The van der Waals surface area contributed by atoms with Crippen molar-refractivity contribution in [3.8, 4) is 0 Å². The molecule has 1 heterocycles. The molecule has 1 aromatic rings. The van der Waals surface area contributed by atoms with E-state index in [0.29, 0.717) is 23.7 Å². The van der Waals surface area contributed by atoms with Crippen LogP contribution in [-0.2, 0) is 4.84 Å². The molecule has 1 atom stereocenters. The maximum Gasteiger partial charge on any atom is 0.152 e. The third-order valence-electron chi connectivity index (χ3n) is 4.67. The summed E-state index contributed by atoms with van der Waals surface area (Å²) in [5.74, 6) is 0.396. The van der Waals surface area contributed by atoms with Crippen LogP contribution in [0.1, 0.15) is 48.0 Å². The van der Waals surface area contributed by atoms with Crippen molar-refractivity contribution in [1.82, 2.24) is 4.90 Å². The summed E-state index contributed by atoms with van der Waals surface area (Å²) in [6.45, 7) is 4.28. The van der Waals surface area contributed by atoms with E-state index in [4.69, 9.17) is 4.84 Å². The van der Waals surface area contributed by atoms with Crippen molar-refractivity contribution in [2.45, 2.75) is 32.1 Å². The molecule has 2 rings (SSSR count). The summed E-state index contributed by atoms with van der Waals surface area (Å²) >= 11 is 0. The molecule has 0 amide bonds. The highest BCUT2D eigenvalue weighted by Crippen LogP contribution is 2.36. The number of nitrogens with one attached hydrogen (secondary N) is 1. The normalized spacial score (nSPS) is 18.2. The average molecular weight is 308 g/mol. The van der Waals surface area contributed by atoms with Crippen molar-refractivity contribution in [2.75, 3.05) is 32.7 Å². The Labute approximate surface area is 131 Å². The largest absolute Gasteiger partial charge is 0.306 e. The molecule has 1 saturated heterocycles. The first-order valence-electron chi connectivity index (χ1n) is 7.86. The van der Waals surface area contributed by atoms with E-state index in [-0.39, 0.29) is 5.69 Å². The number of aldehydes is 1. The number of piperidine rings is 1. The Kier molecular flexibility index (Phi) is 5.91. The van der Waals surface area contributed by atoms with Gasteiger partial charge in [0.2, 0.25) is 0 Å². The van der Waals surface area contributed by atoms with Gasteiger partial charge in [-0.05, 0) is 68.9 Å². The van der Waals surface area contributed by atoms with E-state index in [0.717, 1.165) is 37.9 Å². The van der Waals surface area contributed by atoms with Crippen molar-refractivity contribution in [1.29, 1.82) is 0 Å². The standard InChI is InChI=1S/C17H25FN2O2/c1-4-15(12-5-7-20(2)8-6-12)13-9-14(11-21)17(19-22-3)16(18)10-13/h9-12,15,19H,4-8H2,1-3H3/t15-/m0/s1. The molecule has 5 heteroatoms. The van der Waals surface area contributed by atoms with Crippen molar-refractivity contribution >= 4 is 12.0 Å². The zero-order valence-corrected chi connectivity index (χ0v) is 13.6. The van der Waals surface area contributed by atoms with Crippen LogP contribution in [0, 0.1) is 11.7 Å². The Morgan fingerprint density at radius 3 is 2.68 bits per heavy atom. The number of hydrogen-bond acceptors (Lipinski definition) is 4. The maximum absolute atomic E-state index is 14.3. The second-order valence-corrected chi connectivity index (χ2v) is 6.05. The molecule has 22 heavy (non-hydrogen) atoms. The summed E-state index contributed by atoms with van der Waals surface area (Å²) in [6, 6.07) is 3.34. The van der Waals surface area contributed by atoms with Crippen LogP contribution < -0.4 is 5.48 Å². The average Bonchev–Trinajstić information content (AvgIpc) is 2.52. The van der Waals surface area contributed by atoms with Gasteiger partial charge >= 0.3 is 0 Å². The predicted octanol–water partition coefficient (Wildman–Crippen LogP) is 3.45. The molecule has 1 fully saturated rings. The Morgan fingerprint density at radius 2 is 2.14 bits per heavy atom.